The van der Waals surface area contributed by atoms with Gasteiger partial charge in [-0.3, -0.25) is 14.9 Å². The topological polar surface area (TPSA) is 123 Å². The van der Waals surface area contributed by atoms with Crippen molar-refractivity contribution in [1.29, 1.82) is 0 Å². The zero-order valence-electron chi connectivity index (χ0n) is 29.2. The number of nitrogens with one attached hydrogen (secondary N) is 2. The summed E-state index contributed by atoms with van der Waals surface area (Å²) in [5, 5.41) is 5.78. The van der Waals surface area contributed by atoms with E-state index in [1.807, 2.05) is 30.3 Å². The van der Waals surface area contributed by atoms with E-state index in [0.29, 0.717) is 32.2 Å². The van der Waals surface area contributed by atoms with Crippen LogP contribution >= 0.6 is 0 Å². The zero-order valence-corrected chi connectivity index (χ0v) is 24.2. The fourth-order valence-corrected chi connectivity index (χ4v) is 4.77. The highest BCUT2D eigenvalue weighted by molar-refractivity contribution is 5.88. The lowest BCUT2D eigenvalue weighted by Gasteiger charge is -2.30. The van der Waals surface area contributed by atoms with Crippen LogP contribution in [0, 0.1) is 0 Å². The Morgan fingerprint density at radius 2 is 1.76 bits per heavy atom. The number of nitrogens with zero attached hydrogens (tertiary/aromatic N) is 1. The Balaban J connectivity index is 1.72. The second kappa shape index (κ2) is 17.8. The van der Waals surface area contributed by atoms with Crippen LogP contribution in [0.3, 0.4) is 0 Å². The van der Waals surface area contributed by atoms with Crippen molar-refractivity contribution in [1.82, 2.24) is 15.5 Å². The standard InChI is InChI=1S/C32H43N3O7/c1-3-41-30(37)27(20-19-24-13-6-4-7-14-24)34-26(29(36)35-22-12-18-28(35)31(38)40-2)17-10-11-21-33-32(39)42-23-25-15-8-5-9-16-25/h4-9,13-16,26-28,34H,3,10-12,17-23H2,1-2H3,(H,33,39)/t26-,27-,28-/m1/s1/i4D,6D,7D,13D,14D. The quantitative estimate of drug-likeness (QED) is 0.173. The average molecular weight is 587 g/mol. The molecule has 1 fully saturated rings. The lowest BCUT2D eigenvalue weighted by Crippen LogP contribution is -2.54. The van der Waals surface area contributed by atoms with Gasteiger partial charge >= 0.3 is 18.0 Å². The monoisotopic (exact) mass is 586 g/mol. The van der Waals surface area contributed by atoms with Gasteiger partial charge in [-0.15, -0.1) is 0 Å². The lowest BCUT2D eigenvalue weighted by molar-refractivity contribution is -0.152. The maximum atomic E-state index is 13.9. The zero-order chi connectivity index (χ0) is 34.5. The first-order valence-corrected chi connectivity index (χ1v) is 14.3. The summed E-state index contributed by atoms with van der Waals surface area (Å²) in [7, 11) is 1.26. The number of unbranched alkanes of at least 4 members (excludes halogenated alkanes) is 1. The Kier molecular flexibility index (Phi) is 10.9. The number of alkyl carbamates (subject to hydrolysis) is 1. The van der Waals surface area contributed by atoms with Gasteiger partial charge in [-0.05, 0) is 63.0 Å². The second-order valence-electron chi connectivity index (χ2n) is 9.86. The first kappa shape index (κ1) is 25.8. The van der Waals surface area contributed by atoms with Gasteiger partial charge < -0.3 is 24.4 Å². The third-order valence-corrected chi connectivity index (χ3v) is 6.92. The molecule has 2 amide bonds. The molecule has 0 aromatic heterocycles. The normalized spacial score (nSPS) is 17.5. The Morgan fingerprint density at radius 1 is 1.00 bits per heavy atom. The van der Waals surface area contributed by atoms with Gasteiger partial charge in [-0.25, -0.2) is 9.59 Å². The molecule has 0 saturated carbocycles. The molecular formula is C32H43N3O7. The molecule has 3 rings (SSSR count). The first-order valence-electron chi connectivity index (χ1n) is 16.8. The molecule has 228 valence electrons. The summed E-state index contributed by atoms with van der Waals surface area (Å²) in [6.45, 7) is 2.43. The third-order valence-electron chi connectivity index (χ3n) is 6.92. The number of benzene rings is 2. The molecule has 0 bridgehead atoms. The van der Waals surface area contributed by atoms with E-state index in [4.69, 9.17) is 21.1 Å². The molecule has 42 heavy (non-hydrogen) atoms. The summed E-state index contributed by atoms with van der Waals surface area (Å²) in [4.78, 5) is 53.0. The Morgan fingerprint density at radius 3 is 2.48 bits per heavy atom. The molecule has 2 aromatic carbocycles. The summed E-state index contributed by atoms with van der Waals surface area (Å²) >= 11 is 0. The summed E-state index contributed by atoms with van der Waals surface area (Å²) in [6, 6.07) is 4.30. The molecule has 10 heteroatoms. The van der Waals surface area contributed by atoms with Crippen LogP contribution in [0.15, 0.2) is 60.5 Å². The van der Waals surface area contributed by atoms with Gasteiger partial charge in [0.25, 0.3) is 0 Å². The van der Waals surface area contributed by atoms with Gasteiger partial charge in [0.15, 0.2) is 0 Å². The smallest absolute Gasteiger partial charge is 0.407 e. The minimum absolute atomic E-state index is 0.0220. The molecule has 1 saturated heterocycles. The maximum absolute atomic E-state index is 13.9. The Labute approximate surface area is 255 Å². The predicted molar refractivity (Wildman–Crippen MR) is 157 cm³/mol. The van der Waals surface area contributed by atoms with Crippen molar-refractivity contribution in [2.45, 2.75) is 76.6 Å². The summed E-state index contributed by atoms with van der Waals surface area (Å²) in [5.74, 6) is -1.59. The number of esters is 2. The molecule has 10 nitrogen and oxygen atoms in total. The summed E-state index contributed by atoms with van der Waals surface area (Å²) in [6.07, 6.45) is 1.57. The van der Waals surface area contributed by atoms with Crippen LogP contribution in [0.2, 0.25) is 0 Å². The van der Waals surface area contributed by atoms with Crippen LogP contribution < -0.4 is 10.6 Å². The van der Waals surface area contributed by atoms with Crippen molar-refractivity contribution in [3.05, 3.63) is 71.7 Å². The highest BCUT2D eigenvalue weighted by Crippen LogP contribution is 2.21. The highest BCUT2D eigenvalue weighted by atomic mass is 16.5. The number of likely N-dealkylation sites (tertiary alicyclic amines) is 1. The van der Waals surface area contributed by atoms with Crippen molar-refractivity contribution < 1.29 is 40.2 Å². The van der Waals surface area contributed by atoms with E-state index in [1.165, 1.54) is 12.0 Å². The van der Waals surface area contributed by atoms with Gasteiger partial charge in [0.05, 0.1) is 26.6 Å². The van der Waals surface area contributed by atoms with E-state index in [2.05, 4.69) is 10.6 Å². The fourth-order valence-electron chi connectivity index (χ4n) is 4.77. The first-order chi connectivity index (χ1) is 22.5. The van der Waals surface area contributed by atoms with Gasteiger partial charge in [0, 0.05) is 13.1 Å². The third kappa shape index (κ3) is 10.5. The molecule has 1 heterocycles. The molecule has 0 radical (unpaired) electrons. The number of carbonyl (C=O) groups is 4. The summed E-state index contributed by atoms with van der Waals surface area (Å²) < 4.78 is 55.7. The molecule has 2 aromatic rings. The number of amides is 2. The van der Waals surface area contributed by atoms with Gasteiger partial charge in [-0.2, -0.15) is 0 Å². The number of ether oxygens (including phenoxy) is 3. The maximum Gasteiger partial charge on any atom is 0.407 e. The van der Waals surface area contributed by atoms with Gasteiger partial charge in [0.1, 0.15) is 18.7 Å². The highest BCUT2D eigenvalue weighted by Gasteiger charge is 2.38. The van der Waals surface area contributed by atoms with Crippen LogP contribution in [0.4, 0.5) is 4.79 Å². The predicted octanol–water partition coefficient (Wildman–Crippen LogP) is 3.77. The average Bonchev–Trinajstić information content (AvgIpc) is 3.57. The van der Waals surface area contributed by atoms with Crippen molar-refractivity contribution >= 4 is 23.9 Å². The molecule has 0 unspecified atom stereocenters. The van der Waals surface area contributed by atoms with Crippen LogP contribution in [0.5, 0.6) is 0 Å². The van der Waals surface area contributed by atoms with Crippen LogP contribution in [0.1, 0.15) is 63.4 Å². The molecule has 0 spiro atoms. The van der Waals surface area contributed by atoms with Crippen molar-refractivity contribution in [2.75, 3.05) is 26.8 Å². The van der Waals surface area contributed by atoms with E-state index in [0.717, 1.165) is 5.56 Å². The van der Waals surface area contributed by atoms with Crippen LogP contribution in [-0.2, 0) is 41.6 Å². The van der Waals surface area contributed by atoms with E-state index in [-0.39, 0.29) is 56.7 Å². The number of carbonyl (C=O) groups excluding carboxylic acids is 4. The van der Waals surface area contributed by atoms with E-state index in [1.54, 1.807) is 6.92 Å². The fraction of sp³-hybridized carbons (Fsp3) is 0.500. The molecular weight excluding hydrogens is 538 g/mol. The van der Waals surface area contributed by atoms with Crippen molar-refractivity contribution in [3.8, 4) is 0 Å². The van der Waals surface area contributed by atoms with Crippen molar-refractivity contribution in [2.24, 2.45) is 0 Å². The van der Waals surface area contributed by atoms with E-state index < -0.39 is 60.2 Å². The Bertz CT molecular complexity index is 1370. The largest absolute Gasteiger partial charge is 0.467 e. The molecule has 2 N–H and O–H groups in total. The number of hydrogen-bond donors (Lipinski definition) is 2. The molecule has 1 aliphatic heterocycles. The minimum atomic E-state index is -1.06. The minimum Gasteiger partial charge on any atom is -0.467 e. The molecule has 0 aliphatic carbocycles. The van der Waals surface area contributed by atoms with Crippen LogP contribution in [-0.4, -0.2) is 73.8 Å². The van der Waals surface area contributed by atoms with E-state index in [9.17, 15) is 19.2 Å². The number of hydrogen-bond acceptors (Lipinski definition) is 8. The van der Waals surface area contributed by atoms with Crippen LogP contribution in [0.25, 0.3) is 0 Å². The second-order valence-corrected chi connectivity index (χ2v) is 9.86. The molecule has 1 aliphatic rings. The van der Waals surface area contributed by atoms with E-state index >= 15 is 0 Å². The number of methoxy groups -OCH3 is 1. The molecule has 3 atom stereocenters. The van der Waals surface area contributed by atoms with Crippen molar-refractivity contribution in [3.63, 3.8) is 0 Å². The Hall–Kier alpha value is -3.92. The SMILES string of the molecule is [2H]c1c([2H])c([2H])c(CC[C@@H](N[C@H](CCCCNC(=O)OCc2ccccc2)C(=O)N2CCC[C@@H]2C(=O)OC)C(=O)OCC)c([2H])c1[2H]. The van der Waals surface area contributed by atoms with Gasteiger partial charge in [-0.1, -0.05) is 60.5 Å². The number of rotatable bonds is 16. The lowest BCUT2D eigenvalue weighted by atomic mass is 10.0. The summed E-state index contributed by atoms with van der Waals surface area (Å²) in [5.41, 5.74) is 0.899. The van der Waals surface area contributed by atoms with Gasteiger partial charge in [0.2, 0.25) is 5.91 Å².